The summed E-state index contributed by atoms with van der Waals surface area (Å²) in [6.07, 6.45) is 3.99. The lowest BCUT2D eigenvalue weighted by Gasteiger charge is -2.04. The molecule has 0 N–H and O–H groups in total. The summed E-state index contributed by atoms with van der Waals surface area (Å²) < 4.78 is 4.16. The maximum absolute atomic E-state index is 10.4. The molecule has 0 saturated heterocycles. The Morgan fingerprint density at radius 1 is 1.58 bits per heavy atom. The van der Waals surface area contributed by atoms with E-state index in [2.05, 4.69) is 18.4 Å². The second-order valence-corrected chi connectivity index (χ2v) is 3.24. The summed E-state index contributed by atoms with van der Waals surface area (Å²) in [5.74, 6) is 1.15. The van der Waals surface area contributed by atoms with Crippen LogP contribution in [0, 0.1) is 6.92 Å². The Morgan fingerprint density at radius 3 is 2.67 bits per heavy atom. The van der Waals surface area contributed by atoms with Gasteiger partial charge in [-0.25, -0.2) is 9.13 Å². The molecule has 0 amide bonds. The van der Waals surface area contributed by atoms with Crippen LogP contribution in [0.3, 0.4) is 0 Å². The van der Waals surface area contributed by atoms with Crippen molar-refractivity contribution < 1.29 is 9.67 Å². The van der Waals surface area contributed by atoms with Crippen LogP contribution in [-0.2, 0) is 6.54 Å². The van der Waals surface area contributed by atoms with Crippen LogP contribution < -0.4 is 9.67 Å². The normalized spacial score (nSPS) is 11.1. The standard InChI is InChI=1S/C9H16N2O/c1-8(2)11-5-4-10(6-7-12)9(11)3/h4-5,8H,6-7H2,1-3H3. The van der Waals surface area contributed by atoms with Crippen LogP contribution >= 0.6 is 0 Å². The smallest absolute Gasteiger partial charge is 0.253 e. The van der Waals surface area contributed by atoms with E-state index in [-0.39, 0.29) is 6.61 Å². The van der Waals surface area contributed by atoms with Gasteiger partial charge in [0, 0.05) is 6.92 Å². The van der Waals surface area contributed by atoms with Gasteiger partial charge in [-0.2, -0.15) is 0 Å². The molecule has 3 nitrogen and oxygen atoms in total. The fourth-order valence-corrected chi connectivity index (χ4v) is 1.40. The van der Waals surface area contributed by atoms with Crippen LogP contribution in [0.1, 0.15) is 25.7 Å². The lowest BCUT2D eigenvalue weighted by Crippen LogP contribution is -2.40. The number of nitrogens with zero attached hydrogens (tertiary/aromatic N) is 2. The Balaban J connectivity index is 2.88. The Labute approximate surface area is 73.3 Å². The largest absolute Gasteiger partial charge is 0.852 e. The highest BCUT2D eigenvalue weighted by atomic mass is 16.3. The molecule has 0 fully saturated rings. The molecular formula is C9H16N2O. The molecule has 1 aromatic heterocycles. The van der Waals surface area contributed by atoms with Gasteiger partial charge in [0.05, 0.1) is 12.6 Å². The third-order valence-electron chi connectivity index (χ3n) is 2.09. The maximum atomic E-state index is 10.4. The third kappa shape index (κ3) is 1.67. The van der Waals surface area contributed by atoms with Gasteiger partial charge in [0.15, 0.2) is 0 Å². The first-order valence-electron chi connectivity index (χ1n) is 4.31. The Morgan fingerprint density at radius 2 is 2.25 bits per heavy atom. The molecule has 68 valence electrons. The zero-order chi connectivity index (χ0) is 9.14. The van der Waals surface area contributed by atoms with Crippen molar-refractivity contribution in [2.75, 3.05) is 6.61 Å². The van der Waals surface area contributed by atoms with E-state index >= 15 is 0 Å². The van der Waals surface area contributed by atoms with Gasteiger partial charge in [0.1, 0.15) is 12.4 Å². The van der Waals surface area contributed by atoms with Crippen LogP contribution in [0.4, 0.5) is 0 Å². The lowest BCUT2D eigenvalue weighted by molar-refractivity contribution is -0.716. The number of hydrogen-bond acceptors (Lipinski definition) is 1. The SMILES string of the molecule is Cc1n(C(C)C)cc[n+]1CC[O-]. The molecule has 0 bridgehead atoms. The predicted molar refractivity (Wildman–Crippen MR) is 44.6 cm³/mol. The molecule has 0 aliphatic heterocycles. The summed E-state index contributed by atoms with van der Waals surface area (Å²) in [6.45, 7) is 6.83. The van der Waals surface area contributed by atoms with Crippen LogP contribution in [0.5, 0.6) is 0 Å². The summed E-state index contributed by atoms with van der Waals surface area (Å²) in [5.41, 5.74) is 0. The lowest BCUT2D eigenvalue weighted by atomic mass is 10.4. The fourth-order valence-electron chi connectivity index (χ4n) is 1.40. The third-order valence-corrected chi connectivity index (χ3v) is 2.09. The summed E-state index contributed by atoms with van der Waals surface area (Å²) in [5, 5.41) is 10.4. The van der Waals surface area contributed by atoms with Crippen LogP contribution in [0.2, 0.25) is 0 Å². The van der Waals surface area contributed by atoms with Gasteiger partial charge in [0.2, 0.25) is 0 Å². The Hall–Kier alpha value is -0.830. The summed E-state index contributed by atoms with van der Waals surface area (Å²) >= 11 is 0. The van der Waals surface area contributed by atoms with Crippen LogP contribution in [0.25, 0.3) is 0 Å². The van der Waals surface area contributed by atoms with E-state index in [1.54, 1.807) is 0 Å². The highest BCUT2D eigenvalue weighted by molar-refractivity contribution is 4.82. The summed E-state index contributed by atoms with van der Waals surface area (Å²) in [7, 11) is 0. The average Bonchev–Trinajstić information content (AvgIpc) is 2.34. The highest BCUT2D eigenvalue weighted by Crippen LogP contribution is 2.04. The molecule has 0 aromatic carbocycles. The van der Waals surface area contributed by atoms with Gasteiger partial charge in [-0.05, 0) is 13.8 Å². The van der Waals surface area contributed by atoms with Crippen molar-refractivity contribution in [2.24, 2.45) is 0 Å². The van der Waals surface area contributed by atoms with E-state index in [1.165, 1.54) is 0 Å². The molecule has 1 aromatic rings. The summed E-state index contributed by atoms with van der Waals surface area (Å²) in [6, 6.07) is 0.470. The quantitative estimate of drug-likeness (QED) is 0.586. The monoisotopic (exact) mass is 168 g/mol. The fraction of sp³-hybridized carbons (Fsp3) is 0.667. The Bertz CT molecular complexity index is 253. The van der Waals surface area contributed by atoms with Crippen molar-refractivity contribution in [2.45, 2.75) is 33.4 Å². The minimum atomic E-state index is -0.0480. The molecule has 1 heterocycles. The van der Waals surface area contributed by atoms with E-state index in [0.717, 1.165) is 5.82 Å². The average molecular weight is 168 g/mol. The molecule has 12 heavy (non-hydrogen) atoms. The molecule has 0 saturated carbocycles. The van der Waals surface area contributed by atoms with Crippen LogP contribution in [-0.4, -0.2) is 11.2 Å². The second kappa shape index (κ2) is 3.72. The summed E-state index contributed by atoms with van der Waals surface area (Å²) in [4.78, 5) is 0. The minimum Gasteiger partial charge on any atom is -0.852 e. The molecule has 0 radical (unpaired) electrons. The van der Waals surface area contributed by atoms with Crippen molar-refractivity contribution >= 4 is 0 Å². The molecule has 1 rings (SSSR count). The number of hydrogen-bond donors (Lipinski definition) is 0. The number of imidazole rings is 1. The van der Waals surface area contributed by atoms with Gasteiger partial charge in [-0.1, -0.05) is 0 Å². The van der Waals surface area contributed by atoms with Crippen molar-refractivity contribution in [3.05, 3.63) is 18.2 Å². The maximum Gasteiger partial charge on any atom is 0.253 e. The molecule has 0 aliphatic rings. The van der Waals surface area contributed by atoms with Crippen molar-refractivity contribution in [1.82, 2.24) is 4.57 Å². The first-order valence-corrected chi connectivity index (χ1v) is 4.31. The van der Waals surface area contributed by atoms with Crippen molar-refractivity contribution in [1.29, 1.82) is 0 Å². The zero-order valence-corrected chi connectivity index (χ0v) is 7.95. The number of rotatable bonds is 3. The van der Waals surface area contributed by atoms with E-state index in [9.17, 15) is 5.11 Å². The van der Waals surface area contributed by atoms with E-state index in [4.69, 9.17) is 0 Å². The van der Waals surface area contributed by atoms with Gasteiger partial charge < -0.3 is 5.11 Å². The second-order valence-electron chi connectivity index (χ2n) is 3.24. The van der Waals surface area contributed by atoms with Crippen molar-refractivity contribution in [3.63, 3.8) is 0 Å². The van der Waals surface area contributed by atoms with Crippen LogP contribution in [0.15, 0.2) is 12.4 Å². The zero-order valence-electron chi connectivity index (χ0n) is 7.95. The van der Waals surface area contributed by atoms with Crippen molar-refractivity contribution in [3.8, 4) is 0 Å². The predicted octanol–water partition coefficient (Wildman–Crippen LogP) is 0.0252. The van der Waals surface area contributed by atoms with E-state index in [0.29, 0.717) is 12.6 Å². The van der Waals surface area contributed by atoms with Gasteiger partial charge in [-0.15, -0.1) is 6.61 Å². The molecule has 0 atom stereocenters. The molecule has 0 aliphatic carbocycles. The first-order chi connectivity index (χ1) is 5.66. The van der Waals surface area contributed by atoms with E-state index in [1.807, 2.05) is 23.9 Å². The molecule has 3 heteroatoms. The van der Waals surface area contributed by atoms with Gasteiger partial charge in [-0.3, -0.25) is 0 Å². The highest BCUT2D eigenvalue weighted by Gasteiger charge is 2.12. The Kier molecular flexibility index (Phi) is 2.87. The molecule has 0 spiro atoms. The van der Waals surface area contributed by atoms with Gasteiger partial charge >= 0.3 is 0 Å². The number of aromatic nitrogens is 2. The van der Waals surface area contributed by atoms with Gasteiger partial charge in [0.25, 0.3) is 5.82 Å². The molecule has 0 unspecified atom stereocenters. The molecular weight excluding hydrogens is 152 g/mol. The minimum absolute atomic E-state index is 0.0480. The first kappa shape index (κ1) is 9.26. The topological polar surface area (TPSA) is 31.9 Å². The van der Waals surface area contributed by atoms with E-state index < -0.39 is 0 Å².